The van der Waals surface area contributed by atoms with E-state index in [1.54, 1.807) is 0 Å². The summed E-state index contributed by atoms with van der Waals surface area (Å²) in [7, 11) is 1.98. The highest BCUT2D eigenvalue weighted by molar-refractivity contribution is 14.0. The lowest BCUT2D eigenvalue weighted by atomic mass is 10.2. The highest BCUT2D eigenvalue weighted by Gasteiger charge is 2.23. The smallest absolute Gasteiger partial charge is 0.199 e. The Morgan fingerprint density at radius 3 is 2.72 bits per heavy atom. The minimum absolute atomic E-state index is 0. The van der Waals surface area contributed by atoms with Crippen LogP contribution in [0.1, 0.15) is 17.2 Å². The van der Waals surface area contributed by atoms with Crippen molar-refractivity contribution in [1.29, 1.82) is 0 Å². The quantitative estimate of drug-likeness (QED) is 0.374. The number of halogens is 1. The zero-order valence-electron chi connectivity index (χ0n) is 17.2. The maximum absolute atomic E-state index is 5.44. The molecule has 8 nitrogen and oxygen atoms in total. The van der Waals surface area contributed by atoms with Crippen molar-refractivity contribution in [2.75, 3.05) is 50.8 Å². The van der Waals surface area contributed by atoms with Gasteiger partial charge in [-0.15, -0.1) is 34.2 Å². The van der Waals surface area contributed by atoms with Crippen LogP contribution in [0.25, 0.3) is 0 Å². The molecule has 2 aromatic rings. The number of fused-ring (bicyclic) bond motifs is 1. The van der Waals surface area contributed by atoms with Crippen molar-refractivity contribution in [3.8, 4) is 0 Å². The highest BCUT2D eigenvalue weighted by atomic mass is 127. The Morgan fingerprint density at radius 2 is 1.97 bits per heavy atom. The van der Waals surface area contributed by atoms with Crippen molar-refractivity contribution in [1.82, 2.24) is 25.0 Å². The van der Waals surface area contributed by atoms with Gasteiger partial charge in [-0.25, -0.2) is 4.99 Å². The topological polar surface area (TPSA) is 70.8 Å². The Morgan fingerprint density at radius 1 is 1.17 bits per heavy atom. The van der Waals surface area contributed by atoms with Crippen molar-refractivity contribution in [2.45, 2.75) is 19.9 Å². The number of morpholine rings is 1. The van der Waals surface area contributed by atoms with E-state index in [4.69, 9.17) is 9.73 Å². The van der Waals surface area contributed by atoms with Gasteiger partial charge in [0.25, 0.3) is 0 Å². The van der Waals surface area contributed by atoms with Gasteiger partial charge >= 0.3 is 0 Å². The van der Waals surface area contributed by atoms with E-state index >= 15 is 0 Å². The van der Waals surface area contributed by atoms with Crippen LogP contribution in [0.15, 0.2) is 29.3 Å². The second kappa shape index (κ2) is 10.4. The SMILES string of the molecule is Cc1nnc(CN=C(NCCN2CCOCC2)N2CCc3ccccc32)n1C.I. The molecular formula is C20H30IN7O. The molecule has 0 spiro atoms. The van der Waals surface area contributed by atoms with Gasteiger partial charge in [-0.05, 0) is 25.0 Å². The number of ether oxygens (including phenoxy) is 1. The predicted molar refractivity (Wildman–Crippen MR) is 125 cm³/mol. The molecule has 3 heterocycles. The Labute approximate surface area is 189 Å². The van der Waals surface area contributed by atoms with Gasteiger partial charge in [-0.2, -0.15) is 0 Å². The molecule has 2 aliphatic heterocycles. The third-order valence-corrected chi connectivity index (χ3v) is 5.51. The molecule has 158 valence electrons. The summed E-state index contributed by atoms with van der Waals surface area (Å²) in [5.74, 6) is 2.69. The van der Waals surface area contributed by atoms with Crippen molar-refractivity contribution in [3.05, 3.63) is 41.5 Å². The van der Waals surface area contributed by atoms with Crippen LogP contribution in [-0.2, 0) is 24.8 Å². The van der Waals surface area contributed by atoms with Gasteiger partial charge in [-0.1, -0.05) is 18.2 Å². The van der Waals surface area contributed by atoms with E-state index in [-0.39, 0.29) is 24.0 Å². The molecule has 0 saturated carbocycles. The molecular weight excluding hydrogens is 481 g/mol. The number of aryl methyl sites for hydroxylation is 1. The van der Waals surface area contributed by atoms with Crippen LogP contribution in [0, 0.1) is 6.92 Å². The van der Waals surface area contributed by atoms with E-state index in [0.29, 0.717) is 6.54 Å². The van der Waals surface area contributed by atoms with E-state index in [9.17, 15) is 0 Å². The number of rotatable bonds is 5. The summed E-state index contributed by atoms with van der Waals surface area (Å²) in [6.45, 7) is 8.90. The summed E-state index contributed by atoms with van der Waals surface area (Å²) in [4.78, 5) is 9.61. The standard InChI is InChI=1S/C20H29N7O.HI/c1-16-23-24-19(25(16)2)15-22-20(21-8-10-26-11-13-28-14-12-26)27-9-7-17-5-3-4-6-18(17)27;/h3-6H,7-15H2,1-2H3,(H,21,22);1H. The molecule has 1 saturated heterocycles. The van der Waals surface area contributed by atoms with Gasteiger partial charge in [0, 0.05) is 45.5 Å². The number of aromatic nitrogens is 3. The number of hydrogen-bond donors (Lipinski definition) is 1. The molecule has 1 aromatic heterocycles. The number of para-hydroxylation sites is 1. The Hall–Kier alpha value is -1.72. The lowest BCUT2D eigenvalue weighted by Gasteiger charge is -2.28. The van der Waals surface area contributed by atoms with Crippen molar-refractivity contribution in [3.63, 3.8) is 0 Å². The summed E-state index contributed by atoms with van der Waals surface area (Å²) in [6.07, 6.45) is 1.05. The van der Waals surface area contributed by atoms with Gasteiger partial charge < -0.3 is 19.5 Å². The molecule has 4 rings (SSSR count). The molecule has 0 unspecified atom stereocenters. The highest BCUT2D eigenvalue weighted by Crippen LogP contribution is 2.27. The third-order valence-electron chi connectivity index (χ3n) is 5.51. The van der Waals surface area contributed by atoms with Crippen molar-refractivity contribution in [2.24, 2.45) is 12.0 Å². The number of nitrogens with one attached hydrogen (secondary N) is 1. The molecule has 0 atom stereocenters. The molecule has 29 heavy (non-hydrogen) atoms. The second-order valence-corrected chi connectivity index (χ2v) is 7.27. The Balaban J connectivity index is 0.00000240. The van der Waals surface area contributed by atoms with Crippen LogP contribution in [0.4, 0.5) is 5.69 Å². The first-order chi connectivity index (χ1) is 13.7. The first-order valence-electron chi connectivity index (χ1n) is 10.0. The summed E-state index contributed by atoms with van der Waals surface area (Å²) in [6, 6.07) is 8.57. The minimum atomic E-state index is 0. The lowest BCUT2D eigenvalue weighted by molar-refractivity contribution is 0.0389. The van der Waals surface area contributed by atoms with E-state index in [1.165, 1.54) is 11.3 Å². The largest absolute Gasteiger partial charge is 0.379 e. The van der Waals surface area contributed by atoms with E-state index in [0.717, 1.165) is 70.0 Å². The number of guanidine groups is 1. The normalized spacial score (nSPS) is 17.2. The van der Waals surface area contributed by atoms with Crippen molar-refractivity contribution < 1.29 is 4.74 Å². The van der Waals surface area contributed by atoms with Crippen LogP contribution in [0.3, 0.4) is 0 Å². The molecule has 0 bridgehead atoms. The summed E-state index contributed by atoms with van der Waals surface area (Å²) >= 11 is 0. The lowest BCUT2D eigenvalue weighted by Crippen LogP contribution is -2.45. The summed E-state index contributed by atoms with van der Waals surface area (Å²) < 4.78 is 7.43. The molecule has 1 aromatic carbocycles. The zero-order chi connectivity index (χ0) is 19.3. The van der Waals surface area contributed by atoms with Crippen LogP contribution in [0.5, 0.6) is 0 Å². The third kappa shape index (κ3) is 5.26. The molecule has 0 aliphatic carbocycles. The van der Waals surface area contributed by atoms with Crippen LogP contribution in [0.2, 0.25) is 0 Å². The fourth-order valence-electron chi connectivity index (χ4n) is 3.68. The first kappa shape index (κ1) is 22.0. The van der Waals surface area contributed by atoms with Crippen LogP contribution in [-0.4, -0.2) is 71.6 Å². The molecule has 0 amide bonds. The molecule has 0 radical (unpaired) electrons. The fraction of sp³-hybridized carbons (Fsp3) is 0.550. The average Bonchev–Trinajstić information content (AvgIpc) is 3.29. The van der Waals surface area contributed by atoms with Crippen LogP contribution >= 0.6 is 24.0 Å². The van der Waals surface area contributed by atoms with Gasteiger partial charge in [0.15, 0.2) is 11.8 Å². The number of anilines is 1. The number of nitrogens with zero attached hydrogens (tertiary/aromatic N) is 6. The van der Waals surface area contributed by atoms with E-state index in [2.05, 4.69) is 49.6 Å². The number of aliphatic imine (C=N–C) groups is 1. The van der Waals surface area contributed by atoms with Crippen LogP contribution < -0.4 is 10.2 Å². The predicted octanol–water partition coefficient (Wildman–Crippen LogP) is 1.58. The minimum Gasteiger partial charge on any atom is -0.379 e. The van der Waals surface area contributed by atoms with E-state index in [1.807, 2.05) is 18.5 Å². The first-order valence-corrected chi connectivity index (χ1v) is 10.0. The van der Waals surface area contributed by atoms with Gasteiger partial charge in [0.1, 0.15) is 12.4 Å². The number of benzene rings is 1. The number of hydrogen-bond acceptors (Lipinski definition) is 5. The monoisotopic (exact) mass is 511 g/mol. The maximum Gasteiger partial charge on any atom is 0.199 e. The Kier molecular flexibility index (Phi) is 7.84. The molecule has 1 N–H and O–H groups in total. The summed E-state index contributed by atoms with van der Waals surface area (Å²) in [5, 5.41) is 12.0. The fourth-order valence-corrected chi connectivity index (χ4v) is 3.68. The second-order valence-electron chi connectivity index (χ2n) is 7.27. The van der Waals surface area contributed by atoms with Gasteiger partial charge in [0.05, 0.1) is 13.2 Å². The molecule has 1 fully saturated rings. The molecule has 2 aliphatic rings. The average molecular weight is 511 g/mol. The Bertz CT molecular complexity index is 832. The van der Waals surface area contributed by atoms with E-state index < -0.39 is 0 Å². The zero-order valence-corrected chi connectivity index (χ0v) is 19.5. The molecule has 9 heteroatoms. The maximum atomic E-state index is 5.44. The summed E-state index contributed by atoms with van der Waals surface area (Å²) in [5.41, 5.74) is 2.62. The van der Waals surface area contributed by atoms with Crippen molar-refractivity contribution >= 4 is 35.6 Å². The van der Waals surface area contributed by atoms with Gasteiger partial charge in [-0.3, -0.25) is 4.90 Å². The van der Waals surface area contributed by atoms with Gasteiger partial charge in [0.2, 0.25) is 0 Å².